The zero-order valence-electron chi connectivity index (χ0n) is 8.48. The summed E-state index contributed by atoms with van der Waals surface area (Å²) < 4.78 is 1.12. The van der Waals surface area contributed by atoms with Crippen molar-refractivity contribution in [3.63, 3.8) is 0 Å². The quantitative estimate of drug-likeness (QED) is 0.912. The van der Waals surface area contributed by atoms with Crippen LogP contribution in [0.15, 0.2) is 33.7 Å². The highest BCUT2D eigenvalue weighted by atomic mass is 79.9. The van der Waals surface area contributed by atoms with Crippen LogP contribution in [0, 0.1) is 0 Å². The summed E-state index contributed by atoms with van der Waals surface area (Å²) in [6.45, 7) is 0.763. The SMILES string of the molecule is OCc1ccncc1NCc1csc(Br)c1. The number of anilines is 1. The number of aromatic nitrogens is 1. The number of nitrogens with zero attached hydrogens (tertiary/aromatic N) is 1. The van der Waals surface area contributed by atoms with E-state index in [1.165, 1.54) is 5.56 Å². The van der Waals surface area contributed by atoms with Gasteiger partial charge in [-0.25, -0.2) is 0 Å². The number of aliphatic hydroxyl groups is 1. The number of nitrogens with one attached hydrogen (secondary N) is 1. The molecule has 0 bridgehead atoms. The molecule has 0 aliphatic heterocycles. The molecule has 0 aliphatic rings. The largest absolute Gasteiger partial charge is 0.392 e. The van der Waals surface area contributed by atoms with Crippen molar-refractivity contribution < 1.29 is 5.11 Å². The molecular formula is C11H11BrN2OS. The summed E-state index contributed by atoms with van der Waals surface area (Å²) in [6, 6.07) is 3.89. The Hall–Kier alpha value is -0.910. The number of hydrogen-bond donors (Lipinski definition) is 2. The average molecular weight is 299 g/mol. The molecule has 0 fully saturated rings. The van der Waals surface area contributed by atoms with E-state index in [-0.39, 0.29) is 6.61 Å². The number of halogens is 1. The summed E-state index contributed by atoms with van der Waals surface area (Å²) in [4.78, 5) is 4.03. The molecule has 2 N–H and O–H groups in total. The summed E-state index contributed by atoms with van der Waals surface area (Å²) >= 11 is 5.09. The monoisotopic (exact) mass is 298 g/mol. The fraction of sp³-hybridized carbons (Fsp3) is 0.182. The Morgan fingerprint density at radius 2 is 2.38 bits per heavy atom. The first-order chi connectivity index (χ1) is 7.79. The predicted octanol–water partition coefficient (Wildman–Crippen LogP) is 3.01. The molecule has 2 aromatic heterocycles. The van der Waals surface area contributed by atoms with Gasteiger partial charge in [-0.3, -0.25) is 4.98 Å². The van der Waals surface area contributed by atoms with Gasteiger partial charge >= 0.3 is 0 Å². The zero-order valence-corrected chi connectivity index (χ0v) is 10.9. The van der Waals surface area contributed by atoms with Crippen molar-refractivity contribution >= 4 is 33.0 Å². The molecule has 84 valence electrons. The third kappa shape index (κ3) is 2.81. The second-order valence-corrected chi connectivity index (χ2v) is 5.59. The third-order valence-electron chi connectivity index (χ3n) is 2.19. The Balaban J connectivity index is 2.04. The van der Waals surface area contributed by atoms with Crippen molar-refractivity contribution in [2.24, 2.45) is 0 Å². The second kappa shape index (κ2) is 5.43. The van der Waals surface area contributed by atoms with E-state index in [9.17, 15) is 0 Å². The minimum atomic E-state index is 0.0260. The molecule has 0 saturated carbocycles. The first-order valence-electron chi connectivity index (χ1n) is 4.80. The molecule has 2 rings (SSSR count). The highest BCUT2D eigenvalue weighted by molar-refractivity contribution is 9.11. The van der Waals surface area contributed by atoms with Gasteiger partial charge in [-0.2, -0.15) is 0 Å². The smallest absolute Gasteiger partial charge is 0.0703 e. The van der Waals surface area contributed by atoms with Gasteiger partial charge < -0.3 is 10.4 Å². The zero-order chi connectivity index (χ0) is 11.4. The summed E-state index contributed by atoms with van der Waals surface area (Å²) in [7, 11) is 0. The van der Waals surface area contributed by atoms with E-state index in [0.29, 0.717) is 0 Å². The van der Waals surface area contributed by atoms with Crippen LogP contribution in [0.4, 0.5) is 5.69 Å². The number of pyridine rings is 1. The third-order valence-corrected chi connectivity index (χ3v) is 3.74. The Morgan fingerprint density at radius 3 is 3.06 bits per heavy atom. The van der Waals surface area contributed by atoms with E-state index < -0.39 is 0 Å². The van der Waals surface area contributed by atoms with Gasteiger partial charge in [0.15, 0.2) is 0 Å². The normalized spacial score (nSPS) is 10.4. The van der Waals surface area contributed by atoms with Crippen LogP contribution in [0.1, 0.15) is 11.1 Å². The number of aliphatic hydroxyl groups excluding tert-OH is 1. The molecule has 2 aromatic rings. The lowest BCUT2D eigenvalue weighted by Crippen LogP contribution is -2.02. The summed E-state index contributed by atoms with van der Waals surface area (Å²) in [5, 5.41) is 14.5. The molecule has 0 spiro atoms. The molecule has 0 unspecified atom stereocenters. The fourth-order valence-corrected chi connectivity index (χ4v) is 2.57. The molecule has 0 aromatic carbocycles. The summed E-state index contributed by atoms with van der Waals surface area (Å²) in [5.74, 6) is 0. The van der Waals surface area contributed by atoms with Crippen LogP contribution < -0.4 is 5.32 Å². The van der Waals surface area contributed by atoms with Gasteiger partial charge in [0.25, 0.3) is 0 Å². The van der Waals surface area contributed by atoms with E-state index in [2.05, 4.69) is 37.7 Å². The van der Waals surface area contributed by atoms with Gasteiger partial charge in [-0.15, -0.1) is 11.3 Å². The second-order valence-electron chi connectivity index (χ2n) is 3.30. The minimum Gasteiger partial charge on any atom is -0.392 e. The van der Waals surface area contributed by atoms with E-state index in [4.69, 9.17) is 5.11 Å². The predicted molar refractivity (Wildman–Crippen MR) is 69.5 cm³/mol. The van der Waals surface area contributed by atoms with E-state index in [1.54, 1.807) is 23.7 Å². The van der Waals surface area contributed by atoms with Gasteiger partial charge in [0.05, 0.1) is 22.3 Å². The summed E-state index contributed by atoms with van der Waals surface area (Å²) in [6.07, 6.45) is 3.41. The van der Waals surface area contributed by atoms with Crippen molar-refractivity contribution in [3.05, 3.63) is 44.8 Å². The van der Waals surface area contributed by atoms with Crippen LogP contribution in [0.2, 0.25) is 0 Å². The van der Waals surface area contributed by atoms with Crippen molar-refractivity contribution in [2.45, 2.75) is 13.2 Å². The molecule has 0 saturated heterocycles. The lowest BCUT2D eigenvalue weighted by molar-refractivity contribution is 0.282. The van der Waals surface area contributed by atoms with Crippen LogP contribution in [0.5, 0.6) is 0 Å². The topological polar surface area (TPSA) is 45.2 Å². The first kappa shape index (κ1) is 11.6. The molecule has 16 heavy (non-hydrogen) atoms. The standard InChI is InChI=1S/C11H11BrN2OS/c12-11-3-8(7-16-11)4-14-10-5-13-2-1-9(10)6-15/h1-3,5,7,14-15H,4,6H2. The van der Waals surface area contributed by atoms with Crippen molar-refractivity contribution in [2.75, 3.05) is 5.32 Å². The van der Waals surface area contributed by atoms with Crippen LogP contribution in [0.25, 0.3) is 0 Å². The van der Waals surface area contributed by atoms with Crippen molar-refractivity contribution in [3.8, 4) is 0 Å². The highest BCUT2D eigenvalue weighted by Crippen LogP contribution is 2.22. The van der Waals surface area contributed by atoms with E-state index in [1.807, 2.05) is 6.07 Å². The van der Waals surface area contributed by atoms with Crippen LogP contribution in [0.3, 0.4) is 0 Å². The fourth-order valence-electron chi connectivity index (χ4n) is 1.36. The lowest BCUT2D eigenvalue weighted by Gasteiger charge is -2.08. The van der Waals surface area contributed by atoms with Crippen LogP contribution in [-0.4, -0.2) is 10.1 Å². The van der Waals surface area contributed by atoms with Crippen molar-refractivity contribution in [1.29, 1.82) is 0 Å². The molecular weight excluding hydrogens is 288 g/mol. The minimum absolute atomic E-state index is 0.0260. The number of thiophene rings is 1. The van der Waals surface area contributed by atoms with Gasteiger partial charge in [-0.05, 0) is 39.0 Å². The van der Waals surface area contributed by atoms with Crippen LogP contribution in [-0.2, 0) is 13.2 Å². The maximum Gasteiger partial charge on any atom is 0.0703 e. The van der Waals surface area contributed by atoms with Crippen LogP contribution >= 0.6 is 27.3 Å². The van der Waals surface area contributed by atoms with E-state index in [0.717, 1.165) is 21.6 Å². The van der Waals surface area contributed by atoms with E-state index >= 15 is 0 Å². The summed E-state index contributed by atoms with van der Waals surface area (Å²) in [5.41, 5.74) is 2.96. The van der Waals surface area contributed by atoms with Crippen molar-refractivity contribution in [1.82, 2.24) is 4.98 Å². The Morgan fingerprint density at radius 1 is 1.50 bits per heavy atom. The Kier molecular flexibility index (Phi) is 3.93. The van der Waals surface area contributed by atoms with Gasteiger partial charge in [0.1, 0.15) is 0 Å². The maximum absolute atomic E-state index is 9.15. The molecule has 0 amide bonds. The average Bonchev–Trinajstić information content (AvgIpc) is 2.73. The molecule has 0 atom stereocenters. The number of rotatable bonds is 4. The first-order valence-corrected chi connectivity index (χ1v) is 6.47. The van der Waals surface area contributed by atoms with Gasteiger partial charge in [-0.1, -0.05) is 0 Å². The Labute approximate surface area is 106 Å². The highest BCUT2D eigenvalue weighted by Gasteiger charge is 2.01. The lowest BCUT2D eigenvalue weighted by atomic mass is 10.2. The molecule has 5 heteroatoms. The molecule has 3 nitrogen and oxygen atoms in total. The maximum atomic E-state index is 9.15. The Bertz CT molecular complexity index is 473. The number of hydrogen-bond acceptors (Lipinski definition) is 4. The van der Waals surface area contributed by atoms with Gasteiger partial charge in [0, 0.05) is 18.3 Å². The van der Waals surface area contributed by atoms with Gasteiger partial charge in [0.2, 0.25) is 0 Å². The molecule has 2 heterocycles. The molecule has 0 radical (unpaired) electrons. The molecule has 0 aliphatic carbocycles.